The van der Waals surface area contributed by atoms with Crippen LogP contribution >= 0.6 is 0 Å². The number of benzene rings is 1. The number of hydrogen-bond acceptors (Lipinski definition) is 3. The lowest BCUT2D eigenvalue weighted by Gasteiger charge is -2.22. The third-order valence-corrected chi connectivity index (χ3v) is 4.56. The average molecular weight is 385 g/mol. The van der Waals surface area contributed by atoms with Gasteiger partial charge in [-0.15, -0.1) is 0 Å². The highest BCUT2D eigenvalue weighted by molar-refractivity contribution is 5.90. The normalized spacial score (nSPS) is 13.3. The Morgan fingerprint density at radius 2 is 1.68 bits per heavy atom. The van der Waals surface area contributed by atoms with Crippen molar-refractivity contribution >= 4 is 11.7 Å². The van der Waals surface area contributed by atoms with Crippen LogP contribution in [0.2, 0.25) is 0 Å². The van der Waals surface area contributed by atoms with E-state index in [1.165, 1.54) is 0 Å². The predicted molar refractivity (Wildman–Crippen MR) is 118 cm³/mol. The Morgan fingerprint density at radius 1 is 1.07 bits per heavy atom. The zero-order valence-corrected chi connectivity index (χ0v) is 18.7. The Balaban J connectivity index is 2.07. The lowest BCUT2D eigenvalue weighted by molar-refractivity contribution is 0.0290. The highest BCUT2D eigenvalue weighted by atomic mass is 16.5. The summed E-state index contributed by atoms with van der Waals surface area (Å²) >= 11 is 0. The summed E-state index contributed by atoms with van der Waals surface area (Å²) in [6.45, 7) is 15.0. The van der Waals surface area contributed by atoms with Gasteiger partial charge in [-0.2, -0.15) is 0 Å². The van der Waals surface area contributed by atoms with Crippen molar-refractivity contribution in [2.75, 3.05) is 5.32 Å². The van der Waals surface area contributed by atoms with Crippen molar-refractivity contribution in [3.05, 3.63) is 42.2 Å². The SMILES string of the molecule is C[C@H](CCC(C)(C)C)OC(=O)c1cc(-c2ccc(NC(C)(C)C)cc2)cn1C. The van der Waals surface area contributed by atoms with Crippen molar-refractivity contribution in [3.63, 3.8) is 0 Å². The van der Waals surface area contributed by atoms with Crippen LogP contribution in [0.4, 0.5) is 5.69 Å². The molecule has 0 aliphatic rings. The summed E-state index contributed by atoms with van der Waals surface area (Å²) in [6.07, 6.45) is 3.78. The summed E-state index contributed by atoms with van der Waals surface area (Å²) in [5.74, 6) is -0.263. The van der Waals surface area contributed by atoms with Crippen molar-refractivity contribution in [2.45, 2.75) is 73.0 Å². The van der Waals surface area contributed by atoms with Gasteiger partial charge in [0.15, 0.2) is 0 Å². The third kappa shape index (κ3) is 6.74. The van der Waals surface area contributed by atoms with Crippen LogP contribution in [0.25, 0.3) is 11.1 Å². The standard InChI is InChI=1S/C24H36N2O2/c1-17(13-14-23(2,3)4)28-22(27)21-15-19(16-26(21)8)18-9-11-20(12-10-18)25-24(5,6)7/h9-12,15-17,25H,13-14H2,1-8H3/t17-/m1/s1. The van der Waals surface area contributed by atoms with E-state index >= 15 is 0 Å². The number of nitrogens with one attached hydrogen (secondary N) is 1. The molecule has 0 saturated carbocycles. The average Bonchev–Trinajstić information content (AvgIpc) is 2.93. The van der Waals surface area contributed by atoms with Crippen molar-refractivity contribution in [2.24, 2.45) is 12.5 Å². The molecule has 1 aromatic heterocycles. The van der Waals surface area contributed by atoms with Gasteiger partial charge in [0.05, 0.1) is 6.10 Å². The van der Waals surface area contributed by atoms with Gasteiger partial charge in [0, 0.05) is 30.0 Å². The molecule has 0 fully saturated rings. The van der Waals surface area contributed by atoms with Crippen molar-refractivity contribution in [1.29, 1.82) is 0 Å². The van der Waals surface area contributed by atoms with Gasteiger partial charge in [-0.05, 0) is 69.7 Å². The molecule has 0 aliphatic carbocycles. The number of nitrogens with zero attached hydrogens (tertiary/aromatic N) is 1. The van der Waals surface area contributed by atoms with E-state index < -0.39 is 0 Å². The van der Waals surface area contributed by atoms with Crippen molar-refractivity contribution in [3.8, 4) is 11.1 Å². The Hall–Kier alpha value is -2.23. The smallest absolute Gasteiger partial charge is 0.355 e. The van der Waals surface area contributed by atoms with Crippen LogP contribution in [-0.2, 0) is 11.8 Å². The largest absolute Gasteiger partial charge is 0.458 e. The molecule has 154 valence electrons. The van der Waals surface area contributed by atoms with Crippen LogP contribution in [0, 0.1) is 5.41 Å². The fourth-order valence-corrected chi connectivity index (χ4v) is 3.04. The second kappa shape index (κ2) is 8.42. The first kappa shape index (κ1) is 22.1. The van der Waals surface area contributed by atoms with E-state index in [-0.39, 0.29) is 23.0 Å². The van der Waals surface area contributed by atoms with E-state index in [1.54, 1.807) is 0 Å². The molecule has 0 unspecified atom stereocenters. The molecule has 2 rings (SSSR count). The molecule has 28 heavy (non-hydrogen) atoms. The minimum atomic E-state index is -0.263. The molecule has 1 aromatic carbocycles. The molecular weight excluding hydrogens is 348 g/mol. The van der Waals surface area contributed by atoms with E-state index in [1.807, 2.05) is 30.8 Å². The number of aromatic nitrogens is 1. The minimum Gasteiger partial charge on any atom is -0.458 e. The highest BCUT2D eigenvalue weighted by Crippen LogP contribution is 2.26. The summed E-state index contributed by atoms with van der Waals surface area (Å²) in [4.78, 5) is 12.6. The number of anilines is 1. The van der Waals surface area contributed by atoms with Gasteiger partial charge in [0.1, 0.15) is 5.69 Å². The maximum absolute atomic E-state index is 12.6. The number of esters is 1. The molecule has 0 bridgehead atoms. The molecule has 4 heteroatoms. The molecule has 1 N–H and O–H groups in total. The van der Waals surface area contributed by atoms with E-state index in [0.717, 1.165) is 29.7 Å². The summed E-state index contributed by atoms with van der Waals surface area (Å²) in [6, 6.07) is 10.2. The number of carbonyl (C=O) groups is 1. The van der Waals surface area contributed by atoms with Crippen LogP contribution in [0.1, 0.15) is 71.8 Å². The molecule has 4 nitrogen and oxygen atoms in total. The molecule has 0 saturated heterocycles. The molecule has 0 amide bonds. The number of carbonyl (C=O) groups excluding carboxylic acids is 1. The summed E-state index contributed by atoms with van der Waals surface area (Å²) in [7, 11) is 1.88. The Morgan fingerprint density at radius 3 is 2.21 bits per heavy atom. The zero-order valence-electron chi connectivity index (χ0n) is 18.7. The van der Waals surface area contributed by atoms with Crippen LogP contribution in [0.3, 0.4) is 0 Å². The molecule has 0 spiro atoms. The second-order valence-corrected chi connectivity index (χ2v) is 9.99. The lowest BCUT2D eigenvalue weighted by Crippen LogP contribution is -2.25. The molecule has 1 heterocycles. The van der Waals surface area contributed by atoms with Gasteiger partial charge in [0.25, 0.3) is 0 Å². The maximum Gasteiger partial charge on any atom is 0.355 e. The molecule has 1 atom stereocenters. The Kier molecular flexibility index (Phi) is 6.63. The van der Waals surface area contributed by atoms with Gasteiger partial charge >= 0.3 is 5.97 Å². The molecular formula is C24H36N2O2. The second-order valence-electron chi connectivity index (χ2n) is 9.99. The van der Waals surface area contributed by atoms with Gasteiger partial charge in [-0.3, -0.25) is 0 Å². The van der Waals surface area contributed by atoms with E-state index in [4.69, 9.17) is 4.74 Å². The lowest BCUT2D eigenvalue weighted by atomic mass is 9.89. The predicted octanol–water partition coefficient (Wildman–Crippen LogP) is 6.27. The number of aryl methyl sites for hydroxylation is 1. The van der Waals surface area contributed by atoms with Gasteiger partial charge < -0.3 is 14.6 Å². The van der Waals surface area contributed by atoms with E-state index in [2.05, 4.69) is 71.1 Å². The number of rotatable bonds is 6. The van der Waals surface area contributed by atoms with Crippen LogP contribution < -0.4 is 5.32 Å². The van der Waals surface area contributed by atoms with Gasteiger partial charge in [-0.1, -0.05) is 32.9 Å². The molecule has 2 aromatic rings. The monoisotopic (exact) mass is 384 g/mol. The van der Waals surface area contributed by atoms with E-state index in [9.17, 15) is 4.79 Å². The first-order valence-electron chi connectivity index (χ1n) is 10.1. The quantitative estimate of drug-likeness (QED) is 0.597. The van der Waals surface area contributed by atoms with Crippen molar-refractivity contribution in [1.82, 2.24) is 4.57 Å². The topological polar surface area (TPSA) is 43.3 Å². The third-order valence-electron chi connectivity index (χ3n) is 4.56. The molecule has 0 radical (unpaired) electrons. The number of ether oxygens (including phenoxy) is 1. The zero-order chi connectivity index (χ0) is 21.1. The fraction of sp³-hybridized carbons (Fsp3) is 0.542. The first-order chi connectivity index (χ1) is 12.8. The summed E-state index contributed by atoms with van der Waals surface area (Å²) in [5, 5.41) is 3.46. The van der Waals surface area contributed by atoms with Crippen LogP contribution in [-0.4, -0.2) is 22.2 Å². The van der Waals surface area contributed by atoms with E-state index in [0.29, 0.717) is 5.69 Å². The minimum absolute atomic E-state index is 0.0227. The van der Waals surface area contributed by atoms with Gasteiger partial charge in [-0.25, -0.2) is 4.79 Å². The Labute approximate surface area is 170 Å². The first-order valence-corrected chi connectivity index (χ1v) is 10.1. The summed E-state index contributed by atoms with van der Waals surface area (Å²) in [5.41, 5.74) is 4.02. The van der Waals surface area contributed by atoms with Gasteiger partial charge in [0.2, 0.25) is 0 Å². The van der Waals surface area contributed by atoms with Crippen LogP contribution in [0.15, 0.2) is 36.5 Å². The maximum atomic E-state index is 12.6. The van der Waals surface area contributed by atoms with Crippen molar-refractivity contribution < 1.29 is 9.53 Å². The highest BCUT2D eigenvalue weighted by Gasteiger charge is 2.19. The fourth-order valence-electron chi connectivity index (χ4n) is 3.04. The Bertz CT molecular complexity index is 789. The summed E-state index contributed by atoms with van der Waals surface area (Å²) < 4.78 is 7.51. The molecule has 0 aliphatic heterocycles. The van der Waals surface area contributed by atoms with Crippen LogP contribution in [0.5, 0.6) is 0 Å². The number of hydrogen-bond donors (Lipinski definition) is 1.